The van der Waals surface area contributed by atoms with Gasteiger partial charge in [0.25, 0.3) is 5.91 Å². The lowest BCUT2D eigenvalue weighted by atomic mass is 9.96. The van der Waals surface area contributed by atoms with Crippen LogP contribution in [0.25, 0.3) is 10.9 Å². The molecule has 1 aliphatic rings. The summed E-state index contributed by atoms with van der Waals surface area (Å²) in [6.07, 6.45) is 2.99. The highest BCUT2D eigenvalue weighted by molar-refractivity contribution is 6.06. The molecule has 5 nitrogen and oxygen atoms in total. The number of nitrogens with zero attached hydrogens (tertiary/aromatic N) is 2. The molecule has 3 rings (SSSR count). The van der Waals surface area contributed by atoms with Crippen LogP contribution in [-0.4, -0.2) is 41.5 Å². The van der Waals surface area contributed by atoms with Crippen molar-refractivity contribution < 1.29 is 14.3 Å². The number of hydrogen-bond acceptors (Lipinski definition) is 4. The van der Waals surface area contributed by atoms with Crippen LogP contribution in [0.15, 0.2) is 36.5 Å². The van der Waals surface area contributed by atoms with Crippen molar-refractivity contribution in [3.63, 3.8) is 0 Å². The van der Waals surface area contributed by atoms with Crippen molar-refractivity contribution in [1.29, 1.82) is 0 Å². The molecule has 1 fully saturated rings. The fourth-order valence-electron chi connectivity index (χ4n) is 3.03. The van der Waals surface area contributed by atoms with Gasteiger partial charge in [0.2, 0.25) is 0 Å². The van der Waals surface area contributed by atoms with Crippen molar-refractivity contribution in [3.8, 4) is 0 Å². The first-order chi connectivity index (χ1) is 11.2. The number of aromatic nitrogens is 1. The fourth-order valence-corrected chi connectivity index (χ4v) is 3.03. The van der Waals surface area contributed by atoms with Crippen molar-refractivity contribution >= 4 is 22.8 Å². The number of esters is 1. The van der Waals surface area contributed by atoms with Gasteiger partial charge in [0.1, 0.15) is 0 Å². The lowest BCUT2D eigenvalue weighted by Crippen LogP contribution is -2.40. The van der Waals surface area contributed by atoms with Crippen LogP contribution in [-0.2, 0) is 9.53 Å². The zero-order valence-electron chi connectivity index (χ0n) is 13.2. The Morgan fingerprint density at radius 1 is 1.22 bits per heavy atom. The molecule has 120 valence electrons. The van der Waals surface area contributed by atoms with E-state index in [0.29, 0.717) is 38.1 Å². The first-order valence-electron chi connectivity index (χ1n) is 8.00. The van der Waals surface area contributed by atoms with Gasteiger partial charge in [0.05, 0.1) is 23.6 Å². The summed E-state index contributed by atoms with van der Waals surface area (Å²) < 4.78 is 5.07. The van der Waals surface area contributed by atoms with E-state index in [0.717, 1.165) is 10.9 Å². The Labute approximate surface area is 135 Å². The molecule has 5 heteroatoms. The lowest BCUT2D eigenvalue weighted by Gasteiger charge is -2.31. The van der Waals surface area contributed by atoms with E-state index >= 15 is 0 Å². The number of hydrogen-bond donors (Lipinski definition) is 0. The van der Waals surface area contributed by atoms with E-state index in [-0.39, 0.29) is 17.8 Å². The number of benzene rings is 1. The molecule has 2 heterocycles. The van der Waals surface area contributed by atoms with Crippen molar-refractivity contribution in [1.82, 2.24) is 9.88 Å². The largest absolute Gasteiger partial charge is 0.466 e. The number of fused-ring (bicyclic) bond motifs is 1. The Kier molecular flexibility index (Phi) is 4.55. The quantitative estimate of drug-likeness (QED) is 0.818. The minimum atomic E-state index is -0.144. The van der Waals surface area contributed by atoms with E-state index in [2.05, 4.69) is 4.98 Å². The van der Waals surface area contributed by atoms with Gasteiger partial charge in [0, 0.05) is 24.7 Å². The normalized spacial score (nSPS) is 15.6. The summed E-state index contributed by atoms with van der Waals surface area (Å²) in [5.41, 5.74) is 1.49. The van der Waals surface area contributed by atoms with Gasteiger partial charge in [-0.1, -0.05) is 18.2 Å². The Hall–Kier alpha value is -2.43. The van der Waals surface area contributed by atoms with Crippen LogP contribution in [0.4, 0.5) is 0 Å². The molecule has 0 unspecified atom stereocenters. The van der Waals surface area contributed by atoms with Crippen LogP contribution in [0, 0.1) is 5.92 Å². The van der Waals surface area contributed by atoms with Gasteiger partial charge < -0.3 is 9.64 Å². The minimum Gasteiger partial charge on any atom is -0.466 e. The maximum atomic E-state index is 12.8. The number of amides is 1. The number of piperidine rings is 1. The van der Waals surface area contributed by atoms with Crippen LogP contribution in [0.1, 0.15) is 30.1 Å². The molecule has 0 saturated carbocycles. The monoisotopic (exact) mass is 312 g/mol. The fraction of sp³-hybridized carbons (Fsp3) is 0.389. The van der Waals surface area contributed by atoms with Gasteiger partial charge in [-0.15, -0.1) is 0 Å². The Bertz CT molecular complexity index is 716. The highest BCUT2D eigenvalue weighted by Gasteiger charge is 2.29. The maximum Gasteiger partial charge on any atom is 0.309 e. The van der Waals surface area contributed by atoms with Crippen molar-refractivity contribution in [3.05, 3.63) is 42.1 Å². The molecular formula is C18H20N2O3. The van der Waals surface area contributed by atoms with E-state index in [9.17, 15) is 9.59 Å². The number of para-hydroxylation sites is 1. The Balaban J connectivity index is 1.73. The molecule has 1 aliphatic heterocycles. The van der Waals surface area contributed by atoms with Gasteiger partial charge in [-0.2, -0.15) is 0 Å². The number of rotatable bonds is 3. The molecule has 2 aromatic rings. The number of carbonyl (C=O) groups is 2. The average molecular weight is 312 g/mol. The summed E-state index contributed by atoms with van der Waals surface area (Å²) in [4.78, 5) is 30.7. The summed E-state index contributed by atoms with van der Waals surface area (Å²) in [6, 6.07) is 9.41. The molecule has 0 bridgehead atoms. The Morgan fingerprint density at radius 3 is 2.70 bits per heavy atom. The molecule has 0 N–H and O–H groups in total. The topological polar surface area (TPSA) is 59.5 Å². The smallest absolute Gasteiger partial charge is 0.309 e. The van der Waals surface area contributed by atoms with Crippen molar-refractivity contribution in [2.24, 2.45) is 5.92 Å². The molecule has 23 heavy (non-hydrogen) atoms. The van der Waals surface area contributed by atoms with Gasteiger partial charge in [-0.05, 0) is 31.9 Å². The summed E-state index contributed by atoms with van der Waals surface area (Å²) in [5, 5.41) is 0.868. The van der Waals surface area contributed by atoms with Gasteiger partial charge >= 0.3 is 5.97 Å². The second kappa shape index (κ2) is 6.77. The SMILES string of the molecule is CCOC(=O)C1CCN(C(=O)c2ccnc3ccccc23)CC1. The second-order valence-electron chi connectivity index (χ2n) is 5.69. The van der Waals surface area contributed by atoms with E-state index in [4.69, 9.17) is 4.74 Å². The number of carbonyl (C=O) groups excluding carboxylic acids is 2. The number of pyridine rings is 1. The molecule has 0 atom stereocenters. The number of likely N-dealkylation sites (tertiary alicyclic amines) is 1. The zero-order chi connectivity index (χ0) is 16.2. The predicted octanol–water partition coefficient (Wildman–Crippen LogP) is 2.65. The molecule has 1 aromatic carbocycles. The molecule has 1 amide bonds. The molecule has 1 aromatic heterocycles. The van der Waals surface area contributed by atoms with E-state index in [1.807, 2.05) is 36.1 Å². The van der Waals surface area contributed by atoms with Crippen LogP contribution < -0.4 is 0 Å². The molecule has 1 saturated heterocycles. The summed E-state index contributed by atoms with van der Waals surface area (Å²) in [5.74, 6) is -0.229. The van der Waals surface area contributed by atoms with Crippen molar-refractivity contribution in [2.75, 3.05) is 19.7 Å². The highest BCUT2D eigenvalue weighted by Crippen LogP contribution is 2.23. The lowest BCUT2D eigenvalue weighted by molar-refractivity contribution is -0.149. The zero-order valence-corrected chi connectivity index (χ0v) is 13.2. The first-order valence-corrected chi connectivity index (χ1v) is 8.00. The van der Waals surface area contributed by atoms with E-state index < -0.39 is 0 Å². The summed E-state index contributed by atoms with van der Waals surface area (Å²) in [6.45, 7) is 3.38. The third-order valence-electron chi connectivity index (χ3n) is 4.28. The van der Waals surface area contributed by atoms with Gasteiger partial charge in [0.15, 0.2) is 0 Å². The van der Waals surface area contributed by atoms with Gasteiger partial charge in [-0.3, -0.25) is 14.6 Å². The van der Waals surface area contributed by atoms with Crippen LogP contribution in [0.2, 0.25) is 0 Å². The summed E-state index contributed by atoms with van der Waals surface area (Å²) >= 11 is 0. The minimum absolute atomic E-state index is 0.00547. The maximum absolute atomic E-state index is 12.8. The summed E-state index contributed by atoms with van der Waals surface area (Å²) in [7, 11) is 0. The Morgan fingerprint density at radius 2 is 1.96 bits per heavy atom. The number of ether oxygens (including phenoxy) is 1. The highest BCUT2D eigenvalue weighted by atomic mass is 16.5. The van der Waals surface area contributed by atoms with E-state index in [1.54, 1.807) is 12.3 Å². The molecule has 0 spiro atoms. The second-order valence-corrected chi connectivity index (χ2v) is 5.69. The standard InChI is InChI=1S/C18H20N2O3/c1-2-23-18(22)13-8-11-20(12-9-13)17(21)15-7-10-19-16-6-4-3-5-14(15)16/h3-7,10,13H,2,8-9,11-12H2,1H3. The van der Waals surface area contributed by atoms with Crippen LogP contribution >= 0.6 is 0 Å². The first kappa shape index (κ1) is 15.5. The third kappa shape index (κ3) is 3.18. The van der Waals surface area contributed by atoms with Crippen molar-refractivity contribution in [2.45, 2.75) is 19.8 Å². The van der Waals surface area contributed by atoms with E-state index in [1.165, 1.54) is 0 Å². The average Bonchev–Trinajstić information content (AvgIpc) is 2.61. The third-order valence-corrected chi connectivity index (χ3v) is 4.28. The molecular weight excluding hydrogens is 292 g/mol. The predicted molar refractivity (Wildman–Crippen MR) is 87.0 cm³/mol. The molecule has 0 radical (unpaired) electrons. The molecule has 0 aliphatic carbocycles. The van der Waals surface area contributed by atoms with Crippen LogP contribution in [0.5, 0.6) is 0 Å². The van der Waals surface area contributed by atoms with Gasteiger partial charge in [-0.25, -0.2) is 0 Å². The van der Waals surface area contributed by atoms with Crippen LogP contribution in [0.3, 0.4) is 0 Å².